The molecular formula is C14H15F4NO. The zero-order valence-corrected chi connectivity index (χ0v) is 10.9. The average Bonchev–Trinajstić information content (AvgIpc) is 2.31. The fourth-order valence-electron chi connectivity index (χ4n) is 1.44. The fraction of sp³-hybridized carbons (Fsp3) is 0.286. The summed E-state index contributed by atoms with van der Waals surface area (Å²) in [5, 5.41) is 0. The molecule has 0 atom stereocenters. The lowest BCUT2D eigenvalue weighted by atomic mass is 10.1. The van der Waals surface area contributed by atoms with Crippen LogP contribution < -0.4 is 10.5 Å². The second kappa shape index (κ2) is 6.98. The van der Waals surface area contributed by atoms with Gasteiger partial charge in [-0.15, -0.1) is 13.2 Å². The summed E-state index contributed by atoms with van der Waals surface area (Å²) in [6, 6.07) is 2.84. The highest BCUT2D eigenvalue weighted by atomic mass is 19.4. The summed E-state index contributed by atoms with van der Waals surface area (Å²) in [7, 11) is 0. The largest absolute Gasteiger partial charge is 0.573 e. The Bertz CT molecular complexity index is 506. The maximum atomic E-state index is 13.2. The van der Waals surface area contributed by atoms with Gasteiger partial charge < -0.3 is 10.5 Å². The molecular weight excluding hydrogens is 274 g/mol. The summed E-state index contributed by atoms with van der Waals surface area (Å²) >= 11 is 0. The molecule has 0 unspecified atom stereocenters. The molecule has 0 saturated heterocycles. The van der Waals surface area contributed by atoms with Gasteiger partial charge in [0, 0.05) is 11.8 Å². The molecule has 1 aromatic rings. The number of ether oxygens (including phenoxy) is 1. The minimum Gasteiger partial charge on any atom is -0.406 e. The maximum Gasteiger partial charge on any atom is 0.573 e. The van der Waals surface area contributed by atoms with Crippen molar-refractivity contribution in [2.75, 3.05) is 0 Å². The number of hydrogen-bond acceptors (Lipinski definition) is 2. The zero-order chi connectivity index (χ0) is 15.2. The fourth-order valence-corrected chi connectivity index (χ4v) is 1.44. The molecule has 0 aliphatic carbocycles. The highest BCUT2D eigenvalue weighted by Gasteiger charge is 2.31. The average molecular weight is 289 g/mol. The van der Waals surface area contributed by atoms with Crippen molar-refractivity contribution in [3.63, 3.8) is 0 Å². The van der Waals surface area contributed by atoms with E-state index in [9.17, 15) is 17.6 Å². The second-order valence-electron chi connectivity index (χ2n) is 4.09. The van der Waals surface area contributed by atoms with E-state index in [1.165, 1.54) is 12.2 Å². The Morgan fingerprint density at radius 2 is 2.00 bits per heavy atom. The van der Waals surface area contributed by atoms with Crippen molar-refractivity contribution < 1.29 is 22.3 Å². The van der Waals surface area contributed by atoms with Crippen LogP contribution >= 0.6 is 0 Å². The zero-order valence-electron chi connectivity index (χ0n) is 10.9. The van der Waals surface area contributed by atoms with Gasteiger partial charge in [-0.2, -0.15) is 0 Å². The van der Waals surface area contributed by atoms with Crippen molar-refractivity contribution in [1.82, 2.24) is 0 Å². The lowest BCUT2D eigenvalue weighted by Crippen LogP contribution is -2.17. The lowest BCUT2D eigenvalue weighted by Gasteiger charge is -2.09. The molecule has 1 aromatic carbocycles. The summed E-state index contributed by atoms with van der Waals surface area (Å²) in [6.07, 6.45) is 1.58. The summed E-state index contributed by atoms with van der Waals surface area (Å²) in [4.78, 5) is 0. The van der Waals surface area contributed by atoms with Gasteiger partial charge in [0.1, 0.15) is 11.6 Å². The Balaban J connectivity index is 2.88. The number of benzene rings is 1. The van der Waals surface area contributed by atoms with E-state index >= 15 is 0 Å². The van der Waals surface area contributed by atoms with Crippen LogP contribution in [0, 0.1) is 5.82 Å². The van der Waals surface area contributed by atoms with Crippen LogP contribution in [0.1, 0.15) is 25.3 Å². The van der Waals surface area contributed by atoms with E-state index in [1.807, 2.05) is 6.92 Å². The molecule has 0 aromatic heterocycles. The lowest BCUT2D eigenvalue weighted by molar-refractivity contribution is -0.274. The molecule has 0 amide bonds. The van der Waals surface area contributed by atoms with Crippen molar-refractivity contribution in [1.29, 1.82) is 0 Å². The van der Waals surface area contributed by atoms with Crippen molar-refractivity contribution in [2.45, 2.75) is 26.1 Å². The highest BCUT2D eigenvalue weighted by molar-refractivity contribution is 5.54. The first-order chi connectivity index (χ1) is 9.30. The molecule has 0 aliphatic rings. The van der Waals surface area contributed by atoms with Gasteiger partial charge in [0.2, 0.25) is 0 Å². The number of alkyl halides is 3. The maximum absolute atomic E-state index is 13.2. The molecule has 0 bridgehead atoms. The van der Waals surface area contributed by atoms with Crippen molar-refractivity contribution in [2.24, 2.45) is 5.73 Å². The van der Waals surface area contributed by atoms with Crippen LogP contribution in [-0.2, 0) is 0 Å². The monoisotopic (exact) mass is 289 g/mol. The van der Waals surface area contributed by atoms with Gasteiger partial charge >= 0.3 is 6.36 Å². The van der Waals surface area contributed by atoms with Crippen LogP contribution in [0.25, 0.3) is 6.08 Å². The summed E-state index contributed by atoms with van der Waals surface area (Å²) in [5.41, 5.74) is 6.36. The third-order valence-corrected chi connectivity index (χ3v) is 2.26. The first kappa shape index (κ1) is 16.1. The first-order valence-corrected chi connectivity index (χ1v) is 6.00. The molecule has 0 saturated carbocycles. The predicted octanol–water partition coefficient (Wildman–Crippen LogP) is 4.38. The van der Waals surface area contributed by atoms with Crippen LogP contribution in [0.3, 0.4) is 0 Å². The summed E-state index contributed by atoms with van der Waals surface area (Å²) in [6.45, 7) is 1.99. The number of hydrogen-bond donors (Lipinski definition) is 1. The van der Waals surface area contributed by atoms with E-state index in [2.05, 4.69) is 4.74 Å². The topological polar surface area (TPSA) is 35.2 Å². The van der Waals surface area contributed by atoms with Gasteiger partial charge in [-0.05, 0) is 30.2 Å². The van der Waals surface area contributed by atoms with Gasteiger partial charge in [0.25, 0.3) is 0 Å². The predicted molar refractivity (Wildman–Crippen MR) is 69.3 cm³/mol. The summed E-state index contributed by atoms with van der Waals surface area (Å²) < 4.78 is 53.1. The molecule has 0 aliphatic heterocycles. The third-order valence-electron chi connectivity index (χ3n) is 2.26. The van der Waals surface area contributed by atoms with Crippen LogP contribution in [0.2, 0.25) is 0 Å². The number of nitrogens with two attached hydrogens (primary N) is 1. The van der Waals surface area contributed by atoms with Crippen molar-refractivity contribution in [3.8, 4) is 5.75 Å². The van der Waals surface area contributed by atoms with E-state index in [0.717, 1.165) is 25.0 Å². The highest BCUT2D eigenvalue weighted by Crippen LogP contribution is 2.25. The number of unbranched alkanes of at least 4 members (excludes halogenated alkanes) is 1. The van der Waals surface area contributed by atoms with Gasteiger partial charge in [-0.1, -0.05) is 25.5 Å². The van der Waals surface area contributed by atoms with E-state index in [0.29, 0.717) is 11.8 Å². The Morgan fingerprint density at radius 3 is 2.60 bits per heavy atom. The minimum atomic E-state index is -4.85. The standard InChI is InChI=1S/C14H15F4NO/c1-2-3-4-12(19)6-5-10-7-11(15)9-13(8-10)20-14(16,17)18/h4-9H,2-3,19H2,1H3/b6-5+,12-4-. The van der Waals surface area contributed by atoms with E-state index in [1.54, 1.807) is 6.08 Å². The molecule has 0 heterocycles. The minimum absolute atomic E-state index is 0.233. The smallest absolute Gasteiger partial charge is 0.406 e. The molecule has 20 heavy (non-hydrogen) atoms. The number of rotatable bonds is 5. The summed E-state index contributed by atoms with van der Waals surface area (Å²) in [5.74, 6) is -1.42. The van der Waals surface area contributed by atoms with Gasteiger partial charge in [-0.3, -0.25) is 0 Å². The molecule has 1 rings (SSSR count). The van der Waals surface area contributed by atoms with Crippen molar-refractivity contribution in [3.05, 3.63) is 47.4 Å². The Kier molecular flexibility index (Phi) is 5.61. The van der Waals surface area contributed by atoms with E-state index < -0.39 is 17.9 Å². The number of allylic oxidation sites excluding steroid dienone is 2. The van der Waals surface area contributed by atoms with Crippen molar-refractivity contribution >= 4 is 6.08 Å². The van der Waals surface area contributed by atoms with Crippen LogP contribution in [0.5, 0.6) is 5.75 Å². The molecule has 2 nitrogen and oxygen atoms in total. The van der Waals surface area contributed by atoms with Crippen LogP contribution in [0.15, 0.2) is 36.0 Å². The molecule has 0 spiro atoms. The Labute approximate surface area is 114 Å². The Hall–Kier alpha value is -1.98. The molecule has 0 fully saturated rings. The van der Waals surface area contributed by atoms with Gasteiger partial charge in [-0.25, -0.2) is 4.39 Å². The van der Waals surface area contributed by atoms with Crippen LogP contribution in [0.4, 0.5) is 17.6 Å². The van der Waals surface area contributed by atoms with E-state index in [-0.39, 0.29) is 5.56 Å². The quantitative estimate of drug-likeness (QED) is 0.645. The first-order valence-electron chi connectivity index (χ1n) is 6.00. The van der Waals surface area contributed by atoms with Gasteiger partial charge in [0.15, 0.2) is 0 Å². The molecule has 0 radical (unpaired) electrons. The molecule has 2 N–H and O–H groups in total. The van der Waals surface area contributed by atoms with Gasteiger partial charge in [0.05, 0.1) is 0 Å². The SMILES string of the molecule is CCC/C=C(N)/C=C/c1cc(F)cc(OC(F)(F)F)c1. The second-order valence-corrected chi connectivity index (χ2v) is 4.09. The van der Waals surface area contributed by atoms with Crippen LogP contribution in [-0.4, -0.2) is 6.36 Å². The number of halogens is 4. The molecule has 6 heteroatoms. The van der Waals surface area contributed by atoms with E-state index in [4.69, 9.17) is 5.73 Å². The molecule has 110 valence electrons. The Morgan fingerprint density at radius 1 is 1.30 bits per heavy atom. The normalized spacial score (nSPS) is 12.9. The third kappa shape index (κ3) is 6.26.